The Labute approximate surface area is 97.6 Å². The summed E-state index contributed by atoms with van der Waals surface area (Å²) >= 11 is 0. The molecular formula is C8H8O7S2. The van der Waals surface area contributed by atoms with Crippen LogP contribution >= 0.6 is 0 Å². The Morgan fingerprint density at radius 1 is 0.941 bits per heavy atom. The first-order chi connectivity index (χ1) is 7.64. The maximum absolute atomic E-state index is 11.6. The summed E-state index contributed by atoms with van der Waals surface area (Å²) < 4.78 is 57.5. The molecule has 7 nitrogen and oxygen atoms in total. The molecule has 1 rings (SSSR count). The van der Waals surface area contributed by atoms with Gasteiger partial charge in [0.25, 0.3) is 24.8 Å². The lowest BCUT2D eigenvalue weighted by molar-refractivity contribution is 0.100. The van der Waals surface area contributed by atoms with Crippen molar-refractivity contribution >= 4 is 26.0 Å². The molecule has 0 unspecified atom stereocenters. The molecule has 1 aromatic rings. The summed E-state index contributed by atoms with van der Waals surface area (Å²) in [6.07, 6.45) is 0. The van der Waals surface area contributed by atoms with Crippen LogP contribution in [0.3, 0.4) is 0 Å². The van der Waals surface area contributed by atoms with E-state index in [9.17, 15) is 21.6 Å². The van der Waals surface area contributed by atoms with Crippen LogP contribution in [-0.2, 0) is 20.2 Å². The van der Waals surface area contributed by atoms with E-state index in [1.165, 1.54) is 18.2 Å². The van der Waals surface area contributed by atoms with Crippen LogP contribution in [-0.4, -0.2) is 36.3 Å². The maximum Gasteiger partial charge on any atom is 0.292 e. The minimum absolute atomic E-state index is 0.257. The smallest absolute Gasteiger partial charge is 0.291 e. The Kier molecular flexibility index (Phi) is 3.67. The zero-order chi connectivity index (χ0) is 13.3. The molecule has 17 heavy (non-hydrogen) atoms. The van der Waals surface area contributed by atoms with Gasteiger partial charge in [-0.1, -0.05) is 30.3 Å². The van der Waals surface area contributed by atoms with E-state index in [-0.39, 0.29) is 5.56 Å². The summed E-state index contributed by atoms with van der Waals surface area (Å²) in [4.78, 5) is 11.6. The van der Waals surface area contributed by atoms with E-state index in [2.05, 4.69) is 0 Å². The largest absolute Gasteiger partial charge is 0.292 e. The molecule has 0 saturated carbocycles. The molecule has 0 aliphatic carbocycles. The molecule has 0 saturated heterocycles. The third-order valence-corrected chi connectivity index (χ3v) is 4.78. The Hall–Kier alpha value is -1.29. The van der Waals surface area contributed by atoms with E-state index in [0.29, 0.717) is 0 Å². The van der Waals surface area contributed by atoms with Crippen molar-refractivity contribution in [2.24, 2.45) is 0 Å². The lowest BCUT2D eigenvalue weighted by Crippen LogP contribution is -2.37. The van der Waals surface area contributed by atoms with Gasteiger partial charge in [0.15, 0.2) is 0 Å². The standard InChI is InChI=1S/C8H8O7S2/c9-7(6-4-2-1-3-5-6)8(16(10,11)12)17(13,14)15/h1-5,8H,(H,10,11,12)(H,13,14,15). The highest BCUT2D eigenvalue weighted by molar-refractivity contribution is 8.05. The molecule has 0 heterocycles. The number of rotatable bonds is 4. The van der Waals surface area contributed by atoms with E-state index in [0.717, 1.165) is 12.1 Å². The SMILES string of the molecule is O=C(c1ccccc1)C(S(=O)(=O)O)S(=O)(=O)O. The van der Waals surface area contributed by atoms with Gasteiger partial charge in [-0.15, -0.1) is 0 Å². The van der Waals surface area contributed by atoms with Crippen molar-refractivity contribution < 1.29 is 30.7 Å². The molecule has 0 radical (unpaired) electrons. The zero-order valence-corrected chi connectivity index (χ0v) is 9.85. The van der Waals surface area contributed by atoms with Crippen LogP contribution in [0, 0.1) is 0 Å². The summed E-state index contributed by atoms with van der Waals surface area (Å²) in [6, 6.07) is 6.58. The fraction of sp³-hybridized carbons (Fsp3) is 0.125. The second-order valence-corrected chi connectivity index (χ2v) is 6.39. The Morgan fingerprint density at radius 3 is 1.71 bits per heavy atom. The summed E-state index contributed by atoms with van der Waals surface area (Å²) in [5.41, 5.74) is -0.257. The molecule has 0 bridgehead atoms. The monoisotopic (exact) mass is 280 g/mol. The predicted octanol–water partition coefficient (Wildman–Crippen LogP) is -0.0290. The van der Waals surface area contributed by atoms with Gasteiger partial charge in [0.2, 0.25) is 5.78 Å². The second kappa shape index (κ2) is 4.53. The van der Waals surface area contributed by atoms with Gasteiger partial charge in [-0.3, -0.25) is 13.9 Å². The van der Waals surface area contributed by atoms with Gasteiger partial charge in [0.05, 0.1) is 0 Å². The second-order valence-electron chi connectivity index (χ2n) is 3.09. The third kappa shape index (κ3) is 3.33. The first kappa shape index (κ1) is 13.8. The van der Waals surface area contributed by atoms with Crippen LogP contribution in [0.15, 0.2) is 30.3 Å². The van der Waals surface area contributed by atoms with Crippen molar-refractivity contribution in [1.82, 2.24) is 0 Å². The van der Waals surface area contributed by atoms with Crippen molar-refractivity contribution in [3.8, 4) is 0 Å². The molecule has 0 aliphatic rings. The normalized spacial score (nSPS) is 12.6. The van der Waals surface area contributed by atoms with Gasteiger partial charge in [-0.25, -0.2) is 0 Å². The van der Waals surface area contributed by atoms with Crippen LogP contribution in [0.5, 0.6) is 0 Å². The molecule has 0 atom stereocenters. The number of hydrogen-bond donors (Lipinski definition) is 2. The first-order valence-electron chi connectivity index (χ1n) is 4.16. The maximum atomic E-state index is 11.6. The average molecular weight is 280 g/mol. The third-order valence-electron chi connectivity index (χ3n) is 1.81. The van der Waals surface area contributed by atoms with Gasteiger partial charge >= 0.3 is 0 Å². The summed E-state index contributed by atoms with van der Waals surface area (Å²) in [5.74, 6) is -1.42. The van der Waals surface area contributed by atoms with Crippen molar-refractivity contribution in [1.29, 1.82) is 0 Å². The lowest BCUT2D eigenvalue weighted by atomic mass is 10.1. The van der Waals surface area contributed by atoms with Crippen molar-refractivity contribution in [3.63, 3.8) is 0 Å². The van der Waals surface area contributed by atoms with Crippen LogP contribution in [0.2, 0.25) is 0 Å². The van der Waals surface area contributed by atoms with E-state index < -0.39 is 30.6 Å². The number of ketones is 1. The van der Waals surface area contributed by atoms with E-state index in [1.54, 1.807) is 0 Å². The number of hydrogen-bond acceptors (Lipinski definition) is 5. The van der Waals surface area contributed by atoms with Crippen LogP contribution in [0.25, 0.3) is 0 Å². The number of Topliss-reactive ketones (excluding diaryl/α,β-unsaturated/α-hetero) is 1. The summed E-state index contributed by atoms with van der Waals surface area (Å²) in [6.45, 7) is 0. The minimum Gasteiger partial charge on any atom is -0.291 e. The highest BCUT2D eigenvalue weighted by Gasteiger charge is 2.42. The quantitative estimate of drug-likeness (QED) is 0.585. The molecule has 9 heteroatoms. The zero-order valence-electron chi connectivity index (χ0n) is 8.22. The van der Waals surface area contributed by atoms with Crippen LogP contribution < -0.4 is 0 Å². The topological polar surface area (TPSA) is 126 Å². The fourth-order valence-corrected chi connectivity index (χ4v) is 3.21. The Morgan fingerprint density at radius 2 is 1.35 bits per heavy atom. The van der Waals surface area contributed by atoms with Crippen molar-refractivity contribution in [3.05, 3.63) is 35.9 Å². The Balaban J connectivity index is 3.34. The number of carbonyl (C=O) groups is 1. The molecule has 2 N–H and O–H groups in total. The van der Waals surface area contributed by atoms with Crippen molar-refractivity contribution in [2.75, 3.05) is 0 Å². The predicted molar refractivity (Wildman–Crippen MR) is 57.7 cm³/mol. The number of benzene rings is 1. The summed E-state index contributed by atoms with van der Waals surface area (Å²) in [7, 11) is -10.5. The van der Waals surface area contributed by atoms with Crippen LogP contribution in [0.1, 0.15) is 10.4 Å². The number of carbonyl (C=O) groups excluding carboxylic acids is 1. The molecule has 0 aromatic heterocycles. The van der Waals surface area contributed by atoms with Gasteiger partial charge in [0.1, 0.15) is 0 Å². The first-order valence-corrected chi connectivity index (χ1v) is 7.16. The summed E-state index contributed by atoms with van der Waals surface area (Å²) in [5, 5.41) is 0. The average Bonchev–Trinajstić information content (AvgIpc) is 2.14. The Bertz CT molecular complexity index is 583. The van der Waals surface area contributed by atoms with Gasteiger partial charge < -0.3 is 0 Å². The van der Waals surface area contributed by atoms with Gasteiger partial charge in [-0.2, -0.15) is 16.8 Å². The van der Waals surface area contributed by atoms with Crippen molar-refractivity contribution in [2.45, 2.75) is 4.58 Å². The fourth-order valence-electron chi connectivity index (χ4n) is 1.16. The van der Waals surface area contributed by atoms with E-state index in [1.807, 2.05) is 0 Å². The molecular weight excluding hydrogens is 272 g/mol. The molecule has 0 spiro atoms. The van der Waals surface area contributed by atoms with Crippen LogP contribution in [0.4, 0.5) is 0 Å². The molecule has 94 valence electrons. The lowest BCUT2D eigenvalue weighted by Gasteiger charge is -2.09. The molecule has 0 fully saturated rings. The molecule has 0 amide bonds. The molecule has 1 aromatic carbocycles. The molecule has 0 aliphatic heterocycles. The van der Waals surface area contributed by atoms with Gasteiger partial charge in [-0.05, 0) is 0 Å². The van der Waals surface area contributed by atoms with E-state index >= 15 is 0 Å². The van der Waals surface area contributed by atoms with E-state index in [4.69, 9.17) is 9.11 Å². The minimum atomic E-state index is -5.26. The highest BCUT2D eigenvalue weighted by atomic mass is 32.3. The van der Waals surface area contributed by atoms with Gasteiger partial charge in [0, 0.05) is 5.56 Å². The highest BCUT2D eigenvalue weighted by Crippen LogP contribution is 2.14.